The molecule has 61 heavy (non-hydrogen) atoms. The third-order valence-electron chi connectivity index (χ3n) is 11.9. The van der Waals surface area contributed by atoms with Gasteiger partial charge in [-0.25, -0.2) is 4.57 Å². The number of unbranched alkanes of at least 4 members (excludes halogenated alkanes) is 30. The average molecular weight is 895 g/mol. The maximum absolute atomic E-state index is 12.8. The minimum Gasteiger partial charge on any atom is -0.462 e. The first-order valence-electron chi connectivity index (χ1n) is 24.8. The number of phosphoric ester groups is 1. The van der Waals surface area contributed by atoms with Crippen molar-refractivity contribution in [2.75, 3.05) is 13.2 Å². The molecule has 14 heteroatoms. The Bertz CT molecular complexity index is 1080. The molecule has 0 radical (unpaired) electrons. The van der Waals surface area contributed by atoms with E-state index in [1.54, 1.807) is 0 Å². The number of carbonyl (C=O) groups is 2. The van der Waals surface area contributed by atoms with Crippen molar-refractivity contribution in [2.45, 2.75) is 275 Å². The van der Waals surface area contributed by atoms with Crippen LogP contribution in [0.1, 0.15) is 232 Å². The molecule has 13 nitrogen and oxygen atoms in total. The topological polar surface area (TPSA) is 210 Å². The molecule has 0 amide bonds. The lowest BCUT2D eigenvalue weighted by Gasteiger charge is -2.41. The monoisotopic (exact) mass is 895 g/mol. The van der Waals surface area contributed by atoms with Crippen molar-refractivity contribution in [3.05, 3.63) is 0 Å². The minimum absolute atomic E-state index is 0.105. The minimum atomic E-state index is -5.11. The Balaban J connectivity index is 2.34. The van der Waals surface area contributed by atoms with E-state index in [1.807, 2.05) is 0 Å². The van der Waals surface area contributed by atoms with Crippen LogP contribution in [0.25, 0.3) is 0 Å². The third-order valence-corrected chi connectivity index (χ3v) is 12.9. The lowest BCUT2D eigenvalue weighted by atomic mass is 9.85. The maximum Gasteiger partial charge on any atom is 0.472 e. The van der Waals surface area contributed by atoms with Crippen LogP contribution < -0.4 is 0 Å². The molecular weight excluding hydrogens is 803 g/mol. The quantitative estimate of drug-likeness (QED) is 0.0192. The summed E-state index contributed by atoms with van der Waals surface area (Å²) in [6, 6.07) is 0. The van der Waals surface area contributed by atoms with Gasteiger partial charge >= 0.3 is 19.8 Å². The Morgan fingerprint density at radius 3 is 1.08 bits per heavy atom. The van der Waals surface area contributed by atoms with Gasteiger partial charge in [0.15, 0.2) is 6.10 Å². The number of esters is 2. The van der Waals surface area contributed by atoms with Gasteiger partial charge in [0, 0.05) is 12.8 Å². The molecule has 1 aliphatic rings. The zero-order chi connectivity index (χ0) is 45.0. The molecule has 1 aliphatic carbocycles. The van der Waals surface area contributed by atoms with Gasteiger partial charge in [0.1, 0.15) is 43.2 Å². The zero-order valence-corrected chi connectivity index (χ0v) is 39.4. The summed E-state index contributed by atoms with van der Waals surface area (Å²) in [7, 11) is -5.11. The molecule has 0 spiro atoms. The second kappa shape index (κ2) is 38.2. The Morgan fingerprint density at radius 1 is 0.443 bits per heavy atom. The molecule has 0 aromatic rings. The SMILES string of the molecule is CCCCCCCCCCCCCCCCCCCCCCCCC(=O)O[C@H](COC(=O)CCCCCCCCCCCC)COP(=O)(O)OC1C(O)C(O)C(O)[C@@H](O)C1O. The van der Waals surface area contributed by atoms with Crippen molar-refractivity contribution >= 4 is 19.8 Å². The molecule has 0 bridgehead atoms. The number of hydrogen-bond donors (Lipinski definition) is 6. The number of aliphatic hydroxyl groups excluding tert-OH is 5. The summed E-state index contributed by atoms with van der Waals surface area (Å²) < 4.78 is 33.5. The van der Waals surface area contributed by atoms with Crippen molar-refractivity contribution in [2.24, 2.45) is 0 Å². The van der Waals surface area contributed by atoms with Crippen molar-refractivity contribution in [1.82, 2.24) is 0 Å². The highest BCUT2D eigenvalue weighted by molar-refractivity contribution is 7.47. The van der Waals surface area contributed by atoms with E-state index in [0.717, 1.165) is 38.5 Å². The highest BCUT2D eigenvalue weighted by atomic mass is 31.2. The van der Waals surface area contributed by atoms with Gasteiger partial charge in [0.05, 0.1) is 6.61 Å². The van der Waals surface area contributed by atoms with E-state index in [9.17, 15) is 44.6 Å². The summed E-state index contributed by atoms with van der Waals surface area (Å²) >= 11 is 0. The number of aliphatic hydroxyl groups is 5. The Kier molecular flexibility index (Phi) is 36.2. The maximum atomic E-state index is 12.8. The molecule has 362 valence electrons. The normalized spacial score (nSPS) is 21.9. The number of carbonyl (C=O) groups excluding carboxylic acids is 2. The Labute approximate surface area is 370 Å². The Morgan fingerprint density at radius 2 is 0.738 bits per heavy atom. The van der Waals surface area contributed by atoms with Crippen LogP contribution in [0.15, 0.2) is 0 Å². The van der Waals surface area contributed by atoms with E-state index in [0.29, 0.717) is 12.8 Å². The van der Waals surface area contributed by atoms with Crippen molar-refractivity contribution in [1.29, 1.82) is 0 Å². The summed E-state index contributed by atoms with van der Waals surface area (Å²) in [6.45, 7) is 3.31. The van der Waals surface area contributed by atoms with Crippen LogP contribution >= 0.6 is 7.82 Å². The van der Waals surface area contributed by atoms with Crippen LogP contribution in [0.2, 0.25) is 0 Å². The lowest BCUT2D eigenvalue weighted by Crippen LogP contribution is -2.64. The molecule has 0 saturated heterocycles. The molecular formula is C47H91O13P. The van der Waals surface area contributed by atoms with E-state index in [2.05, 4.69) is 13.8 Å². The second-order valence-corrected chi connectivity index (χ2v) is 19.1. The number of rotatable bonds is 42. The molecule has 1 saturated carbocycles. The van der Waals surface area contributed by atoms with Crippen LogP contribution in [-0.2, 0) is 32.7 Å². The molecule has 0 aromatic heterocycles. The van der Waals surface area contributed by atoms with E-state index in [4.69, 9.17) is 18.5 Å². The fourth-order valence-corrected chi connectivity index (χ4v) is 8.91. The first-order valence-corrected chi connectivity index (χ1v) is 26.3. The largest absolute Gasteiger partial charge is 0.472 e. The van der Waals surface area contributed by atoms with Crippen LogP contribution in [0.4, 0.5) is 0 Å². The number of phosphoric acid groups is 1. The smallest absolute Gasteiger partial charge is 0.462 e. The zero-order valence-electron chi connectivity index (χ0n) is 38.5. The van der Waals surface area contributed by atoms with Gasteiger partial charge < -0.3 is 39.9 Å². The highest BCUT2D eigenvalue weighted by Crippen LogP contribution is 2.47. The summed E-state index contributed by atoms with van der Waals surface area (Å²) in [6.07, 6.45) is 26.0. The van der Waals surface area contributed by atoms with Crippen LogP contribution in [0.5, 0.6) is 0 Å². The molecule has 0 aromatic carbocycles. The van der Waals surface area contributed by atoms with Crippen molar-refractivity contribution in [3.8, 4) is 0 Å². The second-order valence-electron chi connectivity index (χ2n) is 17.7. The van der Waals surface area contributed by atoms with Gasteiger partial charge in [-0.1, -0.05) is 206 Å². The lowest BCUT2D eigenvalue weighted by molar-refractivity contribution is -0.220. The summed E-state index contributed by atoms with van der Waals surface area (Å²) in [5.41, 5.74) is 0. The van der Waals surface area contributed by atoms with Crippen LogP contribution in [0, 0.1) is 0 Å². The van der Waals surface area contributed by atoms with E-state index < -0.39 is 75.7 Å². The summed E-state index contributed by atoms with van der Waals surface area (Å²) in [5, 5.41) is 50.1. The van der Waals surface area contributed by atoms with Gasteiger partial charge in [-0.15, -0.1) is 0 Å². The third kappa shape index (κ3) is 30.6. The van der Waals surface area contributed by atoms with Crippen LogP contribution in [0.3, 0.4) is 0 Å². The van der Waals surface area contributed by atoms with Gasteiger partial charge in [0.25, 0.3) is 0 Å². The molecule has 1 rings (SSSR count). The van der Waals surface area contributed by atoms with Gasteiger partial charge in [0.2, 0.25) is 0 Å². The van der Waals surface area contributed by atoms with E-state index in [-0.39, 0.29) is 12.8 Å². The molecule has 6 N–H and O–H groups in total. The van der Waals surface area contributed by atoms with E-state index >= 15 is 0 Å². The average Bonchev–Trinajstić information content (AvgIpc) is 3.24. The molecule has 0 aliphatic heterocycles. The highest BCUT2D eigenvalue weighted by Gasteiger charge is 2.51. The first-order chi connectivity index (χ1) is 29.4. The van der Waals surface area contributed by atoms with Gasteiger partial charge in [-0.2, -0.15) is 0 Å². The van der Waals surface area contributed by atoms with Crippen molar-refractivity contribution < 1.29 is 63.1 Å². The van der Waals surface area contributed by atoms with E-state index in [1.165, 1.54) is 154 Å². The fourth-order valence-electron chi connectivity index (χ4n) is 7.94. The van der Waals surface area contributed by atoms with Crippen LogP contribution in [-0.4, -0.2) is 98.3 Å². The molecule has 6 unspecified atom stereocenters. The molecule has 0 heterocycles. The van der Waals surface area contributed by atoms with Gasteiger partial charge in [-0.3, -0.25) is 18.6 Å². The molecule has 1 fully saturated rings. The fraction of sp³-hybridized carbons (Fsp3) is 0.957. The van der Waals surface area contributed by atoms with Crippen molar-refractivity contribution in [3.63, 3.8) is 0 Å². The Hall–Kier alpha value is -1.15. The first kappa shape index (κ1) is 57.9. The summed E-state index contributed by atoms with van der Waals surface area (Å²) in [5.74, 6) is -1.09. The predicted molar refractivity (Wildman–Crippen MR) is 240 cm³/mol. The summed E-state index contributed by atoms with van der Waals surface area (Å²) in [4.78, 5) is 35.7. The standard InChI is InChI=1S/C47H91O13P/c1-3-5-7-9-11-13-15-16-17-18-19-20-21-22-23-24-25-26-28-30-32-34-36-41(49)59-39(37-57-40(48)35-33-31-29-27-14-12-10-8-6-4-2)38-58-61(55,56)60-47-45(53)43(51)42(50)44(52)46(47)54/h39,42-47,50-54H,3-38H2,1-2H3,(H,55,56)/t39-,42?,43-,44?,45?,46?,47?/m1/s1. The number of hydrogen-bond acceptors (Lipinski definition) is 12. The predicted octanol–water partition coefficient (Wildman–Crippen LogP) is 10.1. The number of ether oxygens (including phenoxy) is 2. The van der Waals surface area contributed by atoms with Gasteiger partial charge in [-0.05, 0) is 12.8 Å². The molecule has 8 atom stereocenters.